The smallest absolute Gasteiger partial charge is 0.261 e. The number of benzene rings is 3. The van der Waals surface area contributed by atoms with Crippen molar-refractivity contribution in [2.24, 2.45) is 5.10 Å². The van der Waals surface area contributed by atoms with Crippen LogP contribution in [-0.4, -0.2) is 24.1 Å². The molecule has 0 bridgehead atoms. The second kappa shape index (κ2) is 10.7. The minimum atomic E-state index is -0.400. The van der Waals surface area contributed by atoms with Gasteiger partial charge in [0.2, 0.25) is 5.55 Å². The first-order valence-corrected chi connectivity index (χ1v) is 12.2. The van der Waals surface area contributed by atoms with Gasteiger partial charge in [0.05, 0.1) is 5.69 Å². The van der Waals surface area contributed by atoms with Gasteiger partial charge >= 0.3 is 0 Å². The molecule has 0 spiro atoms. The van der Waals surface area contributed by atoms with Crippen LogP contribution in [0.4, 0.5) is 17.1 Å². The molecule has 0 aliphatic rings. The lowest BCUT2D eigenvalue weighted by Gasteiger charge is -2.21. The average molecular weight is 535 g/mol. The molecule has 1 amide bonds. The molecule has 3 aromatic carbocycles. The van der Waals surface area contributed by atoms with Crippen LogP contribution in [0.3, 0.4) is 0 Å². The molecule has 0 fully saturated rings. The fourth-order valence-electron chi connectivity index (χ4n) is 3.66. The number of nitrogens with one attached hydrogen (secondary N) is 2. The molecule has 35 heavy (non-hydrogen) atoms. The molecule has 180 valence electrons. The van der Waals surface area contributed by atoms with Crippen molar-refractivity contribution in [2.45, 2.75) is 20.8 Å². The number of aryl methyl sites for hydroxylation is 1. The monoisotopic (exact) mass is 534 g/mol. The van der Waals surface area contributed by atoms with E-state index in [9.17, 15) is 9.90 Å². The number of rotatable bonds is 7. The van der Waals surface area contributed by atoms with Crippen molar-refractivity contribution in [1.82, 2.24) is 0 Å². The highest BCUT2D eigenvalue weighted by molar-refractivity contribution is 9.10. The largest absolute Gasteiger partial charge is 0.508 e. The number of amides is 1. The van der Waals surface area contributed by atoms with E-state index in [4.69, 9.17) is 4.42 Å². The van der Waals surface area contributed by atoms with E-state index in [0.29, 0.717) is 11.3 Å². The van der Waals surface area contributed by atoms with Gasteiger partial charge in [-0.1, -0.05) is 22.0 Å². The summed E-state index contributed by atoms with van der Waals surface area (Å²) in [5.74, 6) is -0.292. The van der Waals surface area contributed by atoms with Crippen molar-refractivity contribution in [3.8, 4) is 5.75 Å². The lowest BCUT2D eigenvalue weighted by Crippen LogP contribution is -2.23. The first-order chi connectivity index (χ1) is 16.9. The summed E-state index contributed by atoms with van der Waals surface area (Å²) in [5.41, 5.74) is 6.97. The molecule has 8 heteroatoms. The zero-order valence-electron chi connectivity index (χ0n) is 19.8. The molecule has 0 unspecified atom stereocenters. The van der Waals surface area contributed by atoms with Crippen LogP contribution in [0.2, 0.25) is 0 Å². The third-order valence-corrected chi connectivity index (χ3v) is 6.23. The highest BCUT2D eigenvalue weighted by atomic mass is 79.9. The Morgan fingerprint density at radius 2 is 1.71 bits per heavy atom. The molecule has 0 saturated heterocycles. The second-order valence-corrected chi connectivity index (χ2v) is 8.96. The molecule has 0 radical (unpaired) electrons. The number of carbonyl (C=O) groups is 1. The fraction of sp³-hybridized carbons (Fsp3) is 0.185. The number of hydrogen-bond donors (Lipinski definition) is 3. The topological polar surface area (TPSA) is 90.1 Å². The van der Waals surface area contributed by atoms with E-state index in [1.165, 1.54) is 6.07 Å². The van der Waals surface area contributed by atoms with Gasteiger partial charge in [-0.15, -0.1) is 5.10 Å². The van der Waals surface area contributed by atoms with E-state index >= 15 is 0 Å². The van der Waals surface area contributed by atoms with Crippen LogP contribution >= 0.6 is 15.9 Å². The molecule has 0 aliphatic heterocycles. The van der Waals surface area contributed by atoms with Crippen LogP contribution in [0.1, 0.15) is 29.8 Å². The van der Waals surface area contributed by atoms with Gasteiger partial charge in [0.25, 0.3) is 5.91 Å². The molecule has 4 rings (SSSR count). The summed E-state index contributed by atoms with van der Waals surface area (Å²) in [6.45, 7) is 7.73. The summed E-state index contributed by atoms with van der Waals surface area (Å²) in [4.78, 5) is 15.5. The van der Waals surface area contributed by atoms with Crippen LogP contribution in [0.15, 0.2) is 80.7 Å². The number of carbonyl (C=O) groups excluding carboxylic acids is 1. The van der Waals surface area contributed by atoms with Crippen LogP contribution in [0.5, 0.6) is 5.75 Å². The Labute approximate surface area is 212 Å². The Morgan fingerprint density at radius 1 is 1.00 bits per heavy atom. The minimum absolute atomic E-state index is 0.108. The van der Waals surface area contributed by atoms with E-state index in [2.05, 4.69) is 50.5 Å². The molecule has 3 N–H and O–H groups in total. The molecule has 7 nitrogen and oxygen atoms in total. The molecule has 0 saturated carbocycles. The first kappa shape index (κ1) is 24.3. The predicted molar refractivity (Wildman–Crippen MR) is 144 cm³/mol. The average Bonchev–Trinajstić information content (AvgIpc) is 2.86. The Hall–Kier alpha value is -3.78. The van der Waals surface area contributed by atoms with E-state index < -0.39 is 5.91 Å². The molecule has 1 heterocycles. The normalized spacial score (nSPS) is 11.5. The zero-order chi connectivity index (χ0) is 24.9. The van der Waals surface area contributed by atoms with Gasteiger partial charge < -0.3 is 19.7 Å². The van der Waals surface area contributed by atoms with Gasteiger partial charge in [-0.25, -0.2) is 0 Å². The molecular weight excluding hydrogens is 508 g/mol. The summed E-state index contributed by atoms with van der Waals surface area (Å²) < 4.78 is 7.09. The number of aromatic hydroxyl groups is 1. The molecule has 0 atom stereocenters. The molecule has 1 aromatic heterocycles. The fourth-order valence-corrected chi connectivity index (χ4v) is 3.93. The third-order valence-electron chi connectivity index (χ3n) is 5.71. The van der Waals surface area contributed by atoms with Gasteiger partial charge in [-0.2, -0.15) is 0 Å². The SMILES string of the molecule is CCN(CC)c1ccc2cc(C(=O)Nc3ccc(C)c(O)c3)c(=NNc3ccc(Br)cc3)oc2c1. The van der Waals surface area contributed by atoms with Gasteiger partial charge in [0, 0.05) is 46.5 Å². The summed E-state index contributed by atoms with van der Waals surface area (Å²) in [5, 5.41) is 18.0. The molecular formula is C27H27BrN4O3. The van der Waals surface area contributed by atoms with Gasteiger partial charge in [-0.05, 0) is 74.9 Å². The number of fused-ring (bicyclic) bond motifs is 1. The van der Waals surface area contributed by atoms with Crippen molar-refractivity contribution in [3.05, 3.63) is 87.9 Å². The van der Waals surface area contributed by atoms with Crippen LogP contribution < -0.4 is 21.2 Å². The maximum absolute atomic E-state index is 13.2. The van der Waals surface area contributed by atoms with Crippen LogP contribution in [0.25, 0.3) is 11.0 Å². The Kier molecular flexibility index (Phi) is 7.41. The lowest BCUT2D eigenvalue weighted by atomic mass is 10.1. The highest BCUT2D eigenvalue weighted by Crippen LogP contribution is 2.24. The van der Waals surface area contributed by atoms with Gasteiger partial charge in [0.1, 0.15) is 16.9 Å². The maximum atomic E-state index is 13.2. The Balaban J connectivity index is 1.78. The van der Waals surface area contributed by atoms with E-state index in [1.807, 2.05) is 42.5 Å². The van der Waals surface area contributed by atoms with E-state index in [-0.39, 0.29) is 16.9 Å². The number of anilines is 3. The van der Waals surface area contributed by atoms with Gasteiger partial charge in [-0.3, -0.25) is 10.2 Å². The standard InChI is InChI=1S/C27H27BrN4O3/c1-4-32(5-2)22-13-7-18-14-23(26(34)29-21-10-6-17(3)24(33)15-21)27(35-25(18)16-22)31-30-20-11-8-19(28)9-12-20/h6-16,30,33H,4-5H2,1-3H3,(H,29,34). The van der Waals surface area contributed by atoms with E-state index in [0.717, 1.165) is 39.9 Å². The van der Waals surface area contributed by atoms with Crippen molar-refractivity contribution in [1.29, 1.82) is 0 Å². The van der Waals surface area contributed by atoms with Gasteiger partial charge in [0.15, 0.2) is 0 Å². The second-order valence-electron chi connectivity index (χ2n) is 8.05. The number of halogens is 1. The highest BCUT2D eigenvalue weighted by Gasteiger charge is 2.15. The molecule has 4 aromatic rings. The summed E-state index contributed by atoms with van der Waals surface area (Å²) in [6, 6.07) is 20.2. The quantitative estimate of drug-likeness (QED) is 0.244. The number of hydrogen-bond acceptors (Lipinski definition) is 6. The van der Waals surface area contributed by atoms with Crippen molar-refractivity contribution >= 4 is 49.9 Å². The predicted octanol–water partition coefficient (Wildman–Crippen LogP) is 6.24. The summed E-state index contributed by atoms with van der Waals surface area (Å²) in [6.07, 6.45) is 0. The van der Waals surface area contributed by atoms with Crippen molar-refractivity contribution < 1.29 is 14.3 Å². The molecule has 0 aliphatic carbocycles. The maximum Gasteiger partial charge on any atom is 0.261 e. The number of nitrogens with zero attached hydrogens (tertiary/aromatic N) is 2. The summed E-state index contributed by atoms with van der Waals surface area (Å²) in [7, 11) is 0. The summed E-state index contributed by atoms with van der Waals surface area (Å²) >= 11 is 3.42. The van der Waals surface area contributed by atoms with Crippen molar-refractivity contribution in [3.63, 3.8) is 0 Å². The van der Waals surface area contributed by atoms with Crippen molar-refractivity contribution in [2.75, 3.05) is 28.7 Å². The zero-order valence-corrected chi connectivity index (χ0v) is 21.4. The minimum Gasteiger partial charge on any atom is -0.508 e. The third kappa shape index (κ3) is 5.66. The first-order valence-electron chi connectivity index (χ1n) is 11.4. The van der Waals surface area contributed by atoms with E-state index in [1.54, 1.807) is 25.1 Å². The van der Waals surface area contributed by atoms with Crippen LogP contribution in [0, 0.1) is 6.92 Å². The number of phenolic OH excluding ortho intramolecular Hbond substituents is 1. The Bertz CT molecular complexity index is 1430. The van der Waals surface area contributed by atoms with Crippen LogP contribution in [-0.2, 0) is 0 Å². The Morgan fingerprint density at radius 3 is 2.40 bits per heavy atom. The lowest BCUT2D eigenvalue weighted by molar-refractivity contribution is 0.102. The number of phenols is 1.